The number of aromatic hydroxyl groups is 1. The first-order valence-electron chi connectivity index (χ1n) is 25.0. The van der Waals surface area contributed by atoms with Gasteiger partial charge in [0.2, 0.25) is 0 Å². The average Bonchev–Trinajstić information content (AvgIpc) is 4.05. The van der Waals surface area contributed by atoms with E-state index < -0.39 is 5.60 Å². The Morgan fingerprint density at radius 1 is 0.542 bits per heavy atom. The number of esters is 1. The summed E-state index contributed by atoms with van der Waals surface area (Å²) < 4.78 is 60.2. The van der Waals surface area contributed by atoms with Crippen LogP contribution in [0.3, 0.4) is 0 Å². The number of halogens is 4. The predicted molar refractivity (Wildman–Crippen MR) is 303 cm³/mol. The molecule has 0 atom stereocenters. The maximum absolute atomic E-state index is 13.0. The van der Waals surface area contributed by atoms with Crippen LogP contribution in [0.25, 0.3) is 22.3 Å². The van der Waals surface area contributed by atoms with Crippen LogP contribution in [0.5, 0.6) is 5.75 Å². The van der Waals surface area contributed by atoms with Gasteiger partial charge in [-0.05, 0) is 181 Å². The third-order valence-electron chi connectivity index (χ3n) is 9.64. The fourth-order valence-electron chi connectivity index (χ4n) is 6.03. The number of benzene rings is 6. The van der Waals surface area contributed by atoms with Crippen molar-refractivity contribution in [2.45, 2.75) is 87.7 Å². The SMILES string of the molecule is CC(=O)CC(=O)c1ccc(F)cc1.CC(=O)CC(=O)c1ccc(F)cc1.CC(=O)c1c(-c2ccc(F)cc2)oc2ccc(O)cc12.CC(=O)c1ccc(F)cc1.CC(C)(C)[O-].CCOC(C)=O.Cc1ccccc1.O=C1C=CC(=O)C=C1.[K+]. The summed E-state index contributed by atoms with van der Waals surface area (Å²) in [5, 5.41) is 20.2. The number of fused-ring (bicyclic) bond motifs is 1. The Hall–Kier alpha value is -7.71. The molecule has 0 radical (unpaired) electrons. The summed E-state index contributed by atoms with van der Waals surface area (Å²) in [5.41, 5.74) is 3.37. The maximum atomic E-state index is 13.0. The molecule has 432 valence electrons. The molecule has 0 bridgehead atoms. The van der Waals surface area contributed by atoms with E-state index in [1.165, 1.54) is 162 Å². The van der Waals surface area contributed by atoms with E-state index in [0.29, 0.717) is 51.2 Å². The van der Waals surface area contributed by atoms with Crippen molar-refractivity contribution in [3.8, 4) is 17.1 Å². The van der Waals surface area contributed by atoms with Gasteiger partial charge in [-0.2, -0.15) is 0 Å². The van der Waals surface area contributed by atoms with Crippen LogP contribution in [-0.4, -0.2) is 69.5 Å². The van der Waals surface area contributed by atoms with Gasteiger partial charge < -0.3 is 19.4 Å². The molecular formula is C65H65F4KO13. The molecule has 0 saturated carbocycles. The molecule has 13 nitrogen and oxygen atoms in total. The number of allylic oxidation sites excluding steroid dienone is 4. The molecule has 83 heavy (non-hydrogen) atoms. The number of furan rings is 1. The van der Waals surface area contributed by atoms with E-state index in [-0.39, 0.29) is 145 Å². The Kier molecular flexibility index (Phi) is 36.0. The predicted octanol–water partition coefficient (Wildman–Crippen LogP) is 10.1. The van der Waals surface area contributed by atoms with Crippen molar-refractivity contribution in [3.05, 3.63) is 221 Å². The van der Waals surface area contributed by atoms with Gasteiger partial charge in [0.1, 0.15) is 51.9 Å². The zero-order chi connectivity index (χ0) is 62.1. The second-order valence-electron chi connectivity index (χ2n) is 18.4. The van der Waals surface area contributed by atoms with Gasteiger partial charge in [-0.25, -0.2) is 17.6 Å². The minimum Gasteiger partial charge on any atom is -0.850 e. The first-order chi connectivity index (χ1) is 38.4. The number of hydrogen-bond donors (Lipinski definition) is 1. The van der Waals surface area contributed by atoms with Crippen LogP contribution >= 0.6 is 0 Å². The van der Waals surface area contributed by atoms with Gasteiger partial charge in [-0.15, -0.1) is 5.60 Å². The normalized spacial score (nSPS) is 10.5. The Balaban J connectivity index is 0.000000962. The van der Waals surface area contributed by atoms with Gasteiger partial charge in [0.25, 0.3) is 0 Å². The molecule has 8 rings (SSSR count). The molecule has 18 heteroatoms. The standard InChI is InChI=1S/C16H11FO3.2C10H9FO2.C8H7FO.C7H8.C6H4O2.C4H8O2.C4H9O.K/c1-9(18)15-13-8-12(19)6-7-14(13)20-16(15)10-2-4-11(17)5-3-10;2*1-7(12)6-10(13)8-2-4-9(11)5-3-8;1-6(10)7-2-4-8(9)5-3-7;1-7-5-3-2-4-6-7;7-5-1-2-6(8)4-3-5;1-3-6-4(2)5;1-4(2,3)5;/h2-8,19H,1H3;2*2-5H,6H2,1H3;2-5H,1H3;2-6H,1H3;1-4H;3H2,1-2H3;1-3H3;/q;;;;;;;-1;+1. The molecule has 1 N–H and O–H groups in total. The van der Waals surface area contributed by atoms with E-state index >= 15 is 0 Å². The van der Waals surface area contributed by atoms with Gasteiger partial charge in [-0.1, -0.05) is 56.7 Å². The summed E-state index contributed by atoms with van der Waals surface area (Å²) in [7, 11) is 0. The maximum Gasteiger partial charge on any atom is 1.00 e. The van der Waals surface area contributed by atoms with Crippen molar-refractivity contribution < 1.29 is 131 Å². The Morgan fingerprint density at radius 3 is 1.19 bits per heavy atom. The molecule has 6 aromatic carbocycles. The smallest absolute Gasteiger partial charge is 0.850 e. The molecule has 0 saturated heterocycles. The van der Waals surface area contributed by atoms with Crippen molar-refractivity contribution in [2.75, 3.05) is 6.61 Å². The van der Waals surface area contributed by atoms with Crippen LogP contribution < -0.4 is 56.5 Å². The third kappa shape index (κ3) is 34.4. The number of phenols is 1. The molecule has 0 unspecified atom stereocenters. The van der Waals surface area contributed by atoms with Gasteiger partial charge >= 0.3 is 57.4 Å². The van der Waals surface area contributed by atoms with E-state index in [0.717, 1.165) is 0 Å². The van der Waals surface area contributed by atoms with Crippen LogP contribution in [0.2, 0.25) is 0 Å². The number of carbonyl (C=O) groups is 9. The number of ketones is 8. The largest absolute Gasteiger partial charge is 1.00 e. The van der Waals surface area contributed by atoms with Gasteiger partial charge in [-0.3, -0.25) is 43.2 Å². The Bertz CT molecular complexity index is 3170. The first-order valence-corrected chi connectivity index (χ1v) is 25.0. The van der Waals surface area contributed by atoms with Crippen LogP contribution in [0.1, 0.15) is 122 Å². The summed E-state index contributed by atoms with van der Waals surface area (Å²) in [6.45, 7) is 16.2. The number of aryl methyl sites for hydroxylation is 1. The number of ether oxygens (including phenoxy) is 1. The topological polar surface area (TPSA) is 219 Å². The summed E-state index contributed by atoms with van der Waals surface area (Å²) in [5.74, 6) is -2.58. The molecule has 1 aromatic heterocycles. The molecule has 0 fully saturated rings. The average molecular weight is 1170 g/mol. The van der Waals surface area contributed by atoms with E-state index in [2.05, 4.69) is 23.8 Å². The summed E-state index contributed by atoms with van der Waals surface area (Å²) in [4.78, 5) is 96.5. The molecule has 1 aliphatic carbocycles. The first kappa shape index (κ1) is 75.3. The minimum atomic E-state index is -0.750. The summed E-state index contributed by atoms with van der Waals surface area (Å²) in [6, 6.07) is 36.4. The zero-order valence-corrected chi connectivity index (χ0v) is 51.3. The van der Waals surface area contributed by atoms with Crippen molar-refractivity contribution >= 4 is 63.2 Å². The monoisotopic (exact) mass is 1170 g/mol. The Labute approximate surface area is 522 Å². The molecule has 1 aliphatic rings. The number of hydrogen-bond acceptors (Lipinski definition) is 13. The van der Waals surface area contributed by atoms with E-state index in [9.17, 15) is 70.9 Å². The molecule has 0 amide bonds. The number of phenolic OH excluding ortho intramolecular Hbond substituents is 1. The third-order valence-corrected chi connectivity index (χ3v) is 9.64. The van der Waals surface area contributed by atoms with Gasteiger partial charge in [0, 0.05) is 34.6 Å². The molecule has 1 heterocycles. The van der Waals surface area contributed by atoms with Gasteiger partial charge in [0.15, 0.2) is 34.7 Å². The zero-order valence-electron chi connectivity index (χ0n) is 48.1. The van der Waals surface area contributed by atoms with Crippen molar-refractivity contribution in [1.29, 1.82) is 0 Å². The fourth-order valence-corrected chi connectivity index (χ4v) is 6.03. The van der Waals surface area contributed by atoms with Gasteiger partial charge in [0.05, 0.1) is 25.0 Å². The number of rotatable bonds is 10. The van der Waals surface area contributed by atoms with Crippen LogP contribution in [0.4, 0.5) is 17.6 Å². The van der Waals surface area contributed by atoms with Crippen molar-refractivity contribution in [3.63, 3.8) is 0 Å². The molecule has 0 spiro atoms. The second kappa shape index (κ2) is 39.7. The summed E-state index contributed by atoms with van der Waals surface area (Å²) in [6.07, 6.45) is 4.77. The molecule has 7 aromatic rings. The molecule has 0 aliphatic heterocycles. The van der Waals surface area contributed by atoms with Crippen LogP contribution in [-0.2, 0) is 28.7 Å². The quantitative estimate of drug-likeness (QED) is 0.0337. The number of Topliss-reactive ketones (excluding diaryl/α,β-unsaturated/α-hetero) is 6. The van der Waals surface area contributed by atoms with Crippen molar-refractivity contribution in [2.24, 2.45) is 0 Å². The second-order valence-corrected chi connectivity index (χ2v) is 18.4. The van der Waals surface area contributed by atoms with E-state index in [1.54, 1.807) is 45.9 Å². The van der Waals surface area contributed by atoms with Crippen LogP contribution in [0.15, 0.2) is 174 Å². The molecular weight excluding hydrogens is 1100 g/mol. The van der Waals surface area contributed by atoms with E-state index in [1.807, 2.05) is 18.2 Å². The Morgan fingerprint density at radius 2 is 0.904 bits per heavy atom. The summed E-state index contributed by atoms with van der Waals surface area (Å²) >= 11 is 0. The minimum absolute atomic E-state index is 0. The van der Waals surface area contributed by atoms with E-state index in [4.69, 9.17) is 4.42 Å². The fraction of sp³-hybridized carbons (Fsp3) is 0.215. The number of carbonyl (C=O) groups excluding carboxylic acids is 9. The van der Waals surface area contributed by atoms with Crippen LogP contribution in [0, 0.1) is 30.2 Å². The van der Waals surface area contributed by atoms with Crippen molar-refractivity contribution in [1.82, 2.24) is 0 Å².